The fraction of sp³-hybridized carbons (Fsp3) is 0. The Morgan fingerprint density at radius 3 is 2.08 bits per heavy atom. The van der Waals surface area contributed by atoms with Crippen LogP contribution in [0.5, 0.6) is 0 Å². The van der Waals surface area contributed by atoms with Crippen LogP contribution in [0.3, 0.4) is 0 Å². The predicted octanol–water partition coefficient (Wildman–Crippen LogP) is 13.6. The van der Waals surface area contributed by atoms with Gasteiger partial charge >= 0.3 is 0 Å². The van der Waals surface area contributed by atoms with Gasteiger partial charge in [-0.1, -0.05) is 91.0 Å². The second-order valence-corrected chi connectivity index (χ2v) is 13.8. The van der Waals surface area contributed by atoms with Crippen molar-refractivity contribution in [2.75, 3.05) is 4.90 Å². The van der Waals surface area contributed by atoms with Crippen LogP contribution >= 0.6 is 11.3 Å². The fourth-order valence-electron chi connectivity index (χ4n) is 7.35. The summed E-state index contributed by atoms with van der Waals surface area (Å²) in [6, 6.07) is 65.3. The second kappa shape index (κ2) is 11.7. The van der Waals surface area contributed by atoms with E-state index in [1.165, 1.54) is 30.9 Å². The summed E-state index contributed by atoms with van der Waals surface area (Å²) in [7, 11) is 0. The van der Waals surface area contributed by atoms with E-state index < -0.39 is 0 Å². The number of aromatic nitrogens is 1. The van der Waals surface area contributed by atoms with E-state index in [4.69, 9.17) is 4.42 Å². The number of hydrogen-bond donors (Lipinski definition) is 0. The van der Waals surface area contributed by atoms with E-state index in [0.29, 0.717) is 0 Å². The second-order valence-electron chi connectivity index (χ2n) is 12.6. The summed E-state index contributed by atoms with van der Waals surface area (Å²) >= 11 is 1.81. The first kappa shape index (κ1) is 28.6. The summed E-state index contributed by atoms with van der Waals surface area (Å²) in [5, 5.41) is 7.15. The lowest BCUT2D eigenvalue weighted by Gasteiger charge is -2.26. The molecule has 236 valence electrons. The third-order valence-electron chi connectivity index (χ3n) is 9.58. The maximum atomic E-state index is 6.36. The molecule has 4 heteroatoms. The average molecular weight is 659 g/mol. The molecule has 0 unspecified atom stereocenters. The molecule has 0 amide bonds. The van der Waals surface area contributed by atoms with E-state index in [2.05, 4.69) is 179 Å². The molecule has 0 radical (unpaired) electrons. The number of benzene rings is 8. The average Bonchev–Trinajstić information content (AvgIpc) is 3.53. The number of rotatable bonds is 4. The summed E-state index contributed by atoms with van der Waals surface area (Å²) in [5.41, 5.74) is 8.22. The highest BCUT2D eigenvalue weighted by Crippen LogP contribution is 2.39. The minimum atomic E-state index is 0.869. The van der Waals surface area contributed by atoms with Crippen molar-refractivity contribution in [3.05, 3.63) is 182 Å². The van der Waals surface area contributed by atoms with Gasteiger partial charge in [-0.3, -0.25) is 0 Å². The summed E-state index contributed by atoms with van der Waals surface area (Å²) in [5.74, 6) is 0. The fourth-order valence-corrected chi connectivity index (χ4v) is 8.26. The Labute approximate surface area is 292 Å². The Hall–Kier alpha value is -6.36. The molecule has 0 spiro atoms. The van der Waals surface area contributed by atoms with Gasteiger partial charge in [0.05, 0.1) is 5.52 Å². The summed E-state index contributed by atoms with van der Waals surface area (Å²) in [6.07, 6.45) is 0. The van der Waals surface area contributed by atoms with Gasteiger partial charge in [0.2, 0.25) is 0 Å². The Balaban J connectivity index is 1.26. The van der Waals surface area contributed by atoms with Crippen molar-refractivity contribution in [1.82, 2.24) is 4.57 Å². The van der Waals surface area contributed by atoms with Crippen LogP contribution in [0.15, 0.2) is 186 Å². The molecule has 0 aliphatic carbocycles. The molecule has 0 saturated carbocycles. The van der Waals surface area contributed by atoms with Crippen molar-refractivity contribution in [3.63, 3.8) is 0 Å². The molecule has 2 aromatic heterocycles. The number of furan rings is 1. The molecule has 2 heterocycles. The Bertz CT molecular complexity index is 2950. The van der Waals surface area contributed by atoms with Crippen molar-refractivity contribution in [2.45, 2.75) is 0 Å². The first-order chi connectivity index (χ1) is 24.8. The third kappa shape index (κ3) is 4.80. The number of hydrogen-bond acceptors (Lipinski definition) is 3. The lowest BCUT2D eigenvalue weighted by molar-refractivity contribution is 0.669. The highest BCUT2D eigenvalue weighted by atomic mass is 32.1. The highest BCUT2D eigenvalue weighted by Gasteiger charge is 2.17. The Kier molecular flexibility index (Phi) is 6.68. The Morgan fingerprint density at radius 1 is 0.420 bits per heavy atom. The predicted molar refractivity (Wildman–Crippen MR) is 213 cm³/mol. The third-order valence-corrected chi connectivity index (χ3v) is 10.6. The topological polar surface area (TPSA) is 21.3 Å². The van der Waals surface area contributed by atoms with Gasteiger partial charge in [0.1, 0.15) is 11.2 Å². The van der Waals surface area contributed by atoms with Gasteiger partial charge in [0.25, 0.3) is 0 Å². The van der Waals surface area contributed by atoms with Crippen LogP contribution in [-0.4, -0.2) is 4.57 Å². The van der Waals surface area contributed by atoms with Crippen LogP contribution < -0.4 is 4.90 Å². The number of para-hydroxylation sites is 3. The lowest BCUT2D eigenvalue weighted by Crippen LogP contribution is -2.10. The lowest BCUT2D eigenvalue weighted by atomic mass is 10.0. The molecule has 0 atom stereocenters. The normalized spacial score (nSPS) is 11.6. The highest BCUT2D eigenvalue weighted by molar-refractivity contribution is 7.22. The molecule has 50 heavy (non-hydrogen) atoms. The summed E-state index contributed by atoms with van der Waals surface area (Å²) in [4.78, 5) is 2.31. The standard InChI is InChI=1S/C46H30N2OS/c1-2-12-32(13-3-1)47(36-24-26-42-41-19-5-7-22-45(41)49-46(42)29-36)33-14-9-15-34(27-33)48-35-16-10-17-37(28-35)50-38-25-23-31-11-8-20-39(43(31)30-38)40-18-4-6-21-44(40)48/h1-30H. The molecule has 0 saturated heterocycles. The van der Waals surface area contributed by atoms with Crippen LogP contribution in [0.25, 0.3) is 69.6 Å². The largest absolute Gasteiger partial charge is 0.456 e. The summed E-state index contributed by atoms with van der Waals surface area (Å²) < 4.78 is 11.2. The Morgan fingerprint density at radius 2 is 1.14 bits per heavy atom. The SMILES string of the molecule is c1ccc(N(c2cccc(-n3c4cccc(c4)sc4ccc5cccc(c5c4)c4ccccc43)c2)c2ccc3c(c2)oc2ccccc23)cc1. The minimum absolute atomic E-state index is 0.869. The van der Waals surface area contributed by atoms with Crippen LogP contribution in [-0.2, 0) is 0 Å². The van der Waals surface area contributed by atoms with Crippen LogP contribution in [0.2, 0.25) is 0 Å². The van der Waals surface area contributed by atoms with Crippen LogP contribution in [0.1, 0.15) is 0 Å². The number of anilines is 3. The molecule has 0 aliphatic rings. The number of nitrogens with zero attached hydrogens (tertiary/aromatic N) is 2. The van der Waals surface area contributed by atoms with E-state index in [9.17, 15) is 0 Å². The van der Waals surface area contributed by atoms with Crippen molar-refractivity contribution >= 4 is 92.3 Å². The maximum absolute atomic E-state index is 6.36. The van der Waals surface area contributed by atoms with Crippen molar-refractivity contribution in [2.24, 2.45) is 0 Å². The van der Waals surface area contributed by atoms with Gasteiger partial charge in [-0.15, -0.1) is 11.3 Å². The molecule has 0 aliphatic heterocycles. The van der Waals surface area contributed by atoms with Crippen LogP contribution in [0, 0.1) is 0 Å². The van der Waals surface area contributed by atoms with Crippen molar-refractivity contribution in [1.29, 1.82) is 0 Å². The van der Waals surface area contributed by atoms with E-state index in [1.54, 1.807) is 11.3 Å². The molecule has 0 N–H and O–H groups in total. The number of fused-ring (bicyclic) bond motifs is 8. The monoisotopic (exact) mass is 658 g/mol. The van der Waals surface area contributed by atoms with Gasteiger partial charge in [-0.05, 0) is 101 Å². The van der Waals surface area contributed by atoms with Crippen molar-refractivity contribution in [3.8, 4) is 5.69 Å². The molecule has 3 nitrogen and oxygen atoms in total. The maximum Gasteiger partial charge on any atom is 0.137 e. The molecule has 8 aromatic carbocycles. The van der Waals surface area contributed by atoms with E-state index in [-0.39, 0.29) is 0 Å². The van der Waals surface area contributed by atoms with Gasteiger partial charge in [-0.25, -0.2) is 0 Å². The zero-order chi connectivity index (χ0) is 33.0. The van der Waals surface area contributed by atoms with Gasteiger partial charge in [0, 0.05) is 59.9 Å². The molecule has 4 bridgehead atoms. The van der Waals surface area contributed by atoms with E-state index in [1.807, 2.05) is 12.1 Å². The van der Waals surface area contributed by atoms with Crippen molar-refractivity contribution < 1.29 is 4.42 Å². The first-order valence-electron chi connectivity index (χ1n) is 16.8. The zero-order valence-corrected chi connectivity index (χ0v) is 27.8. The molecular weight excluding hydrogens is 629 g/mol. The zero-order valence-electron chi connectivity index (χ0n) is 27.0. The summed E-state index contributed by atoms with van der Waals surface area (Å²) in [6.45, 7) is 0. The molecule has 10 aromatic rings. The van der Waals surface area contributed by atoms with Gasteiger partial charge < -0.3 is 13.9 Å². The molecular formula is C46H30N2OS. The minimum Gasteiger partial charge on any atom is -0.456 e. The van der Waals surface area contributed by atoms with Gasteiger partial charge in [0.15, 0.2) is 0 Å². The van der Waals surface area contributed by atoms with E-state index in [0.717, 1.165) is 55.7 Å². The first-order valence-corrected chi connectivity index (χ1v) is 17.7. The van der Waals surface area contributed by atoms with Crippen LogP contribution in [0.4, 0.5) is 17.1 Å². The quantitative estimate of drug-likeness (QED) is 0.188. The van der Waals surface area contributed by atoms with E-state index >= 15 is 0 Å². The molecule has 10 rings (SSSR count). The van der Waals surface area contributed by atoms with Gasteiger partial charge in [-0.2, -0.15) is 0 Å². The smallest absolute Gasteiger partial charge is 0.137 e. The molecule has 0 fully saturated rings.